The van der Waals surface area contributed by atoms with Gasteiger partial charge in [-0.25, -0.2) is 0 Å². The number of benzene rings is 1. The van der Waals surface area contributed by atoms with Gasteiger partial charge in [0.25, 0.3) is 0 Å². The fourth-order valence-corrected chi connectivity index (χ4v) is 3.93. The molecule has 2 aromatic rings. The number of hydrogen-bond acceptors (Lipinski definition) is 5. The van der Waals surface area contributed by atoms with Crippen molar-refractivity contribution in [2.24, 2.45) is 0 Å². The van der Waals surface area contributed by atoms with Gasteiger partial charge in [-0.1, -0.05) is 0 Å². The van der Waals surface area contributed by atoms with Crippen molar-refractivity contribution < 1.29 is 9.47 Å². The van der Waals surface area contributed by atoms with Crippen molar-refractivity contribution in [1.29, 1.82) is 5.26 Å². The molecular formula is C20H21N3O2. The molecule has 5 heteroatoms. The molecule has 3 atom stereocenters. The zero-order valence-electron chi connectivity index (χ0n) is 14.2. The minimum Gasteiger partial charge on any atom is -0.494 e. The molecule has 1 N–H and O–H groups in total. The Hall–Kier alpha value is -2.58. The van der Waals surface area contributed by atoms with Gasteiger partial charge in [0, 0.05) is 23.8 Å². The fraction of sp³-hybridized carbons (Fsp3) is 0.400. The van der Waals surface area contributed by atoms with E-state index in [2.05, 4.69) is 16.4 Å². The highest BCUT2D eigenvalue weighted by Gasteiger charge is 2.34. The third kappa shape index (κ3) is 3.31. The number of ether oxygens (including phenoxy) is 2. The van der Waals surface area contributed by atoms with Crippen LogP contribution < -0.4 is 14.8 Å². The van der Waals surface area contributed by atoms with Gasteiger partial charge in [0.05, 0.1) is 18.7 Å². The molecule has 4 rings (SSSR count). The van der Waals surface area contributed by atoms with Crippen molar-refractivity contribution in [2.45, 2.75) is 43.9 Å². The minimum atomic E-state index is 0.200. The molecule has 0 amide bonds. The largest absolute Gasteiger partial charge is 0.494 e. The van der Waals surface area contributed by atoms with Gasteiger partial charge in [-0.3, -0.25) is 4.98 Å². The Morgan fingerprint density at radius 1 is 1.20 bits per heavy atom. The second kappa shape index (κ2) is 6.73. The summed E-state index contributed by atoms with van der Waals surface area (Å²) in [5.74, 6) is 1.41. The number of piperidine rings is 1. The highest BCUT2D eigenvalue weighted by molar-refractivity contribution is 5.69. The third-order valence-corrected chi connectivity index (χ3v) is 5.03. The Bertz CT molecular complexity index is 803. The summed E-state index contributed by atoms with van der Waals surface area (Å²) in [5, 5.41) is 13.0. The molecule has 2 aliphatic rings. The van der Waals surface area contributed by atoms with E-state index in [0.717, 1.165) is 29.8 Å². The summed E-state index contributed by atoms with van der Waals surface area (Å²) < 4.78 is 11.7. The number of hydrogen-bond donors (Lipinski definition) is 1. The molecule has 2 bridgehead atoms. The Balaban J connectivity index is 1.63. The van der Waals surface area contributed by atoms with Crippen LogP contribution in [0.2, 0.25) is 0 Å². The molecule has 2 saturated heterocycles. The maximum absolute atomic E-state index is 9.39. The van der Waals surface area contributed by atoms with Gasteiger partial charge in [0.15, 0.2) is 0 Å². The molecule has 0 spiro atoms. The zero-order valence-corrected chi connectivity index (χ0v) is 14.2. The average molecular weight is 335 g/mol. The van der Waals surface area contributed by atoms with Crippen LogP contribution >= 0.6 is 0 Å². The van der Waals surface area contributed by atoms with Gasteiger partial charge in [0.1, 0.15) is 23.3 Å². The predicted octanol–water partition coefficient (Wildman–Crippen LogP) is 3.29. The van der Waals surface area contributed by atoms with E-state index in [9.17, 15) is 5.26 Å². The molecule has 0 radical (unpaired) electrons. The van der Waals surface area contributed by atoms with E-state index in [1.807, 2.05) is 30.3 Å². The van der Waals surface area contributed by atoms with Crippen LogP contribution in [0.25, 0.3) is 11.3 Å². The number of nitrogens with zero attached hydrogens (tertiary/aromatic N) is 2. The predicted molar refractivity (Wildman–Crippen MR) is 94.5 cm³/mol. The second-order valence-corrected chi connectivity index (χ2v) is 6.76. The average Bonchev–Trinajstić information content (AvgIpc) is 2.99. The molecule has 1 aromatic heterocycles. The lowest BCUT2D eigenvalue weighted by molar-refractivity contribution is 0.137. The minimum absolute atomic E-state index is 0.200. The quantitative estimate of drug-likeness (QED) is 0.928. The lowest BCUT2D eigenvalue weighted by atomic mass is 10.0. The number of fused-ring (bicyclic) bond motifs is 2. The maximum atomic E-state index is 9.39. The van der Waals surface area contributed by atoms with Crippen molar-refractivity contribution in [1.82, 2.24) is 10.3 Å². The van der Waals surface area contributed by atoms with Gasteiger partial charge in [-0.2, -0.15) is 5.26 Å². The molecule has 1 unspecified atom stereocenters. The number of nitrogens with one attached hydrogen (secondary N) is 1. The smallest absolute Gasteiger partial charge is 0.145 e. The number of methoxy groups -OCH3 is 1. The van der Waals surface area contributed by atoms with E-state index < -0.39 is 0 Å². The standard InChI is InChI=1S/C20H21N3O2/c1-24-19-3-2-6-22-20(19)14-7-13(12-21)8-17(9-14)25-18-10-15-4-5-16(11-18)23-15/h2-3,6-9,15-16,18,23H,4-5,10-11H2,1H3/t15-,16+,18?. The van der Waals surface area contributed by atoms with E-state index in [-0.39, 0.29) is 6.10 Å². The van der Waals surface area contributed by atoms with Crippen LogP contribution in [0.15, 0.2) is 36.5 Å². The Kier molecular flexibility index (Phi) is 4.29. The van der Waals surface area contributed by atoms with Gasteiger partial charge in [0.2, 0.25) is 0 Å². The first-order chi connectivity index (χ1) is 12.2. The van der Waals surface area contributed by atoms with Crippen molar-refractivity contribution in [3.05, 3.63) is 42.1 Å². The summed E-state index contributed by atoms with van der Waals surface area (Å²) in [7, 11) is 1.62. The van der Waals surface area contributed by atoms with Crippen LogP contribution in [0.3, 0.4) is 0 Å². The SMILES string of the molecule is COc1cccnc1-c1cc(C#N)cc(OC2C[C@H]3CC[C@@H](C2)N3)c1. The molecule has 3 heterocycles. The van der Waals surface area contributed by atoms with E-state index >= 15 is 0 Å². The lowest BCUT2D eigenvalue weighted by Gasteiger charge is -2.29. The summed E-state index contributed by atoms with van der Waals surface area (Å²) in [6, 6.07) is 12.6. The summed E-state index contributed by atoms with van der Waals surface area (Å²) in [6.45, 7) is 0. The summed E-state index contributed by atoms with van der Waals surface area (Å²) in [5.41, 5.74) is 2.12. The van der Waals surface area contributed by atoms with Crippen molar-refractivity contribution >= 4 is 0 Å². The van der Waals surface area contributed by atoms with Crippen molar-refractivity contribution in [2.75, 3.05) is 7.11 Å². The Morgan fingerprint density at radius 3 is 2.72 bits per heavy atom. The van der Waals surface area contributed by atoms with Crippen LogP contribution in [-0.4, -0.2) is 30.3 Å². The first-order valence-electron chi connectivity index (χ1n) is 8.72. The number of nitriles is 1. The van der Waals surface area contributed by atoms with Crippen molar-refractivity contribution in [3.8, 4) is 28.8 Å². The lowest BCUT2D eigenvalue weighted by Crippen LogP contribution is -2.42. The van der Waals surface area contributed by atoms with Crippen LogP contribution in [0.5, 0.6) is 11.5 Å². The molecule has 128 valence electrons. The van der Waals surface area contributed by atoms with Gasteiger partial charge < -0.3 is 14.8 Å². The zero-order chi connectivity index (χ0) is 17.2. The molecule has 0 aliphatic carbocycles. The van der Waals surface area contributed by atoms with Crippen LogP contribution in [0.4, 0.5) is 0 Å². The maximum Gasteiger partial charge on any atom is 0.145 e. The van der Waals surface area contributed by atoms with Gasteiger partial charge in [-0.05, 0) is 56.0 Å². The van der Waals surface area contributed by atoms with Crippen molar-refractivity contribution in [3.63, 3.8) is 0 Å². The van der Waals surface area contributed by atoms with E-state index in [0.29, 0.717) is 23.4 Å². The van der Waals surface area contributed by atoms with E-state index in [4.69, 9.17) is 9.47 Å². The summed E-state index contributed by atoms with van der Waals surface area (Å²) in [4.78, 5) is 4.42. The highest BCUT2D eigenvalue weighted by Crippen LogP contribution is 2.34. The Labute approximate surface area is 147 Å². The third-order valence-electron chi connectivity index (χ3n) is 5.03. The summed E-state index contributed by atoms with van der Waals surface area (Å²) in [6.07, 6.45) is 6.44. The van der Waals surface area contributed by atoms with Crippen LogP contribution in [0.1, 0.15) is 31.2 Å². The normalized spacial score (nSPS) is 24.6. The number of rotatable bonds is 4. The van der Waals surface area contributed by atoms with Crippen LogP contribution in [-0.2, 0) is 0 Å². The molecule has 2 aliphatic heterocycles. The van der Waals surface area contributed by atoms with Crippen LogP contribution in [0, 0.1) is 11.3 Å². The molecule has 5 nitrogen and oxygen atoms in total. The first kappa shape index (κ1) is 15.9. The van der Waals surface area contributed by atoms with Gasteiger partial charge in [-0.15, -0.1) is 0 Å². The molecule has 2 fully saturated rings. The summed E-state index contributed by atoms with van der Waals surface area (Å²) >= 11 is 0. The topological polar surface area (TPSA) is 67.2 Å². The second-order valence-electron chi connectivity index (χ2n) is 6.76. The molecule has 1 aromatic carbocycles. The van der Waals surface area contributed by atoms with Gasteiger partial charge >= 0.3 is 0 Å². The number of aromatic nitrogens is 1. The first-order valence-corrected chi connectivity index (χ1v) is 8.72. The molecular weight excluding hydrogens is 314 g/mol. The van der Waals surface area contributed by atoms with E-state index in [1.165, 1.54) is 12.8 Å². The monoisotopic (exact) mass is 335 g/mol. The molecule has 25 heavy (non-hydrogen) atoms. The number of pyridine rings is 1. The molecule has 0 saturated carbocycles. The highest BCUT2D eigenvalue weighted by atomic mass is 16.5. The van der Waals surface area contributed by atoms with E-state index in [1.54, 1.807) is 13.3 Å². The Morgan fingerprint density at radius 2 is 2.00 bits per heavy atom. The fourth-order valence-electron chi connectivity index (χ4n) is 3.93.